The molecule has 0 spiro atoms. The van der Waals surface area contributed by atoms with Gasteiger partial charge in [0.1, 0.15) is 0 Å². The maximum absolute atomic E-state index is 12.4. The first kappa shape index (κ1) is 40.7. The molecule has 4 aromatic carbocycles. The molecule has 0 aliphatic carbocycles. The Hall–Kier alpha value is -4.48. The van der Waals surface area contributed by atoms with Crippen molar-refractivity contribution in [3.05, 3.63) is 108 Å². The number of ketones is 2. The fourth-order valence-corrected chi connectivity index (χ4v) is 7.09. The molecule has 0 radical (unpaired) electrons. The normalized spacial score (nSPS) is 16.1. The molecule has 0 atom stereocenters. The number of fused-ring (bicyclic) bond motifs is 2. The van der Waals surface area contributed by atoms with Crippen LogP contribution in [0, 0.1) is 0 Å². The number of piperazine rings is 2. The van der Waals surface area contributed by atoms with Gasteiger partial charge in [0.25, 0.3) is 0 Å². The van der Waals surface area contributed by atoms with Gasteiger partial charge in [-0.2, -0.15) is 0 Å². The average molecular weight is 778 g/mol. The number of hydrogen-bond acceptors (Lipinski definition) is 10. The van der Waals surface area contributed by atoms with Crippen LogP contribution in [0.4, 0.5) is 11.4 Å². The summed E-state index contributed by atoms with van der Waals surface area (Å²) in [6.07, 6.45) is 2.91. The first-order valence-corrected chi connectivity index (χ1v) is 18.5. The van der Waals surface area contributed by atoms with Crippen LogP contribution in [0.1, 0.15) is 46.4 Å². The summed E-state index contributed by atoms with van der Waals surface area (Å²) in [7, 11) is 0. The fourth-order valence-electron chi connectivity index (χ4n) is 7.09. The standard InChI is InChI=1S/2C21H24N2O3.2ClH/c2*24-19(17-8-9-20-21(15-17)26-16-25-20)7-4-10-22-11-13-23(14-12-22)18-5-2-1-3-6-18;;/h2*1-3,5-6,8-9,15H,4,7,10-14,16H2;2*1H. The Morgan fingerprint density at radius 2 is 0.833 bits per heavy atom. The lowest BCUT2D eigenvalue weighted by Crippen LogP contribution is -2.46. The predicted molar refractivity (Wildman–Crippen MR) is 217 cm³/mol. The zero-order valence-electron chi connectivity index (χ0n) is 30.6. The third kappa shape index (κ3) is 10.8. The zero-order valence-corrected chi connectivity index (χ0v) is 32.2. The second kappa shape index (κ2) is 20.3. The van der Waals surface area contributed by atoms with Crippen molar-refractivity contribution in [3.8, 4) is 23.0 Å². The lowest BCUT2D eigenvalue weighted by atomic mass is 10.1. The monoisotopic (exact) mass is 776 g/mol. The molecule has 0 aromatic heterocycles. The molecule has 12 heteroatoms. The smallest absolute Gasteiger partial charge is 0.231 e. The Morgan fingerprint density at radius 3 is 1.22 bits per heavy atom. The Labute approximate surface area is 330 Å². The number of ether oxygens (including phenoxy) is 4. The number of carbonyl (C=O) groups is 2. The molecule has 4 aromatic rings. The molecule has 2 saturated heterocycles. The largest absolute Gasteiger partial charge is 0.454 e. The van der Waals surface area contributed by atoms with Crippen molar-refractivity contribution in [1.29, 1.82) is 0 Å². The van der Waals surface area contributed by atoms with Gasteiger partial charge in [-0.3, -0.25) is 19.4 Å². The van der Waals surface area contributed by atoms with Gasteiger partial charge in [0, 0.05) is 87.7 Å². The van der Waals surface area contributed by atoms with Gasteiger partial charge >= 0.3 is 0 Å². The highest BCUT2D eigenvalue weighted by molar-refractivity contribution is 5.97. The minimum atomic E-state index is 0. The second-order valence-electron chi connectivity index (χ2n) is 13.5. The van der Waals surface area contributed by atoms with Gasteiger partial charge in [-0.15, -0.1) is 24.8 Å². The minimum absolute atomic E-state index is 0. The third-order valence-corrected chi connectivity index (χ3v) is 10.1. The van der Waals surface area contributed by atoms with Crippen molar-refractivity contribution >= 4 is 47.8 Å². The van der Waals surface area contributed by atoms with E-state index in [9.17, 15) is 9.59 Å². The number of Topliss-reactive ketones (excluding diaryl/α,β-unsaturated/α-hetero) is 2. The molecule has 0 bridgehead atoms. The van der Waals surface area contributed by atoms with Crippen molar-refractivity contribution in [2.45, 2.75) is 25.7 Å². The molecule has 2 fully saturated rings. The van der Waals surface area contributed by atoms with Crippen molar-refractivity contribution in [1.82, 2.24) is 9.80 Å². The number of rotatable bonds is 12. The van der Waals surface area contributed by atoms with Gasteiger partial charge in [-0.05, 0) is 86.6 Å². The molecule has 0 unspecified atom stereocenters. The maximum atomic E-state index is 12.4. The Kier molecular flexibility index (Phi) is 15.3. The molecule has 8 rings (SSSR count). The van der Waals surface area contributed by atoms with Crippen LogP contribution in [-0.4, -0.2) is 100 Å². The molecular formula is C42H50Cl2N4O6. The van der Waals surface area contributed by atoms with Crippen LogP contribution in [0.15, 0.2) is 97.1 Å². The first-order valence-electron chi connectivity index (χ1n) is 18.5. The van der Waals surface area contributed by atoms with Crippen molar-refractivity contribution in [2.24, 2.45) is 0 Å². The van der Waals surface area contributed by atoms with Crippen LogP contribution in [0.3, 0.4) is 0 Å². The number of nitrogens with zero attached hydrogens (tertiary/aromatic N) is 4. The van der Waals surface area contributed by atoms with Crippen molar-refractivity contribution < 1.29 is 28.5 Å². The van der Waals surface area contributed by atoms with Gasteiger partial charge in [0.05, 0.1) is 0 Å². The van der Waals surface area contributed by atoms with E-state index in [0.717, 1.165) is 89.8 Å². The van der Waals surface area contributed by atoms with Crippen LogP contribution in [0.2, 0.25) is 0 Å². The summed E-state index contributed by atoms with van der Waals surface area (Å²) in [5.74, 6) is 3.13. The van der Waals surface area contributed by atoms with Crippen LogP contribution in [-0.2, 0) is 0 Å². The van der Waals surface area contributed by atoms with Crippen LogP contribution in [0.5, 0.6) is 23.0 Å². The average Bonchev–Trinajstić information content (AvgIpc) is 3.89. The molecule has 0 saturated carbocycles. The Balaban J connectivity index is 0.000000200. The number of anilines is 2. The van der Waals surface area contributed by atoms with E-state index >= 15 is 0 Å². The summed E-state index contributed by atoms with van der Waals surface area (Å²) >= 11 is 0. The number of carbonyl (C=O) groups excluding carboxylic acids is 2. The molecule has 10 nitrogen and oxygen atoms in total. The Morgan fingerprint density at radius 1 is 0.463 bits per heavy atom. The number of hydrogen-bond donors (Lipinski definition) is 0. The van der Waals surface area contributed by atoms with Gasteiger partial charge in [0.2, 0.25) is 13.6 Å². The summed E-state index contributed by atoms with van der Waals surface area (Å²) < 4.78 is 21.3. The van der Waals surface area contributed by atoms with E-state index < -0.39 is 0 Å². The quantitative estimate of drug-likeness (QED) is 0.137. The van der Waals surface area contributed by atoms with E-state index in [1.54, 1.807) is 12.1 Å². The molecule has 0 amide bonds. The summed E-state index contributed by atoms with van der Waals surface area (Å²) in [4.78, 5) is 34.6. The second-order valence-corrected chi connectivity index (χ2v) is 13.5. The van der Waals surface area contributed by atoms with E-state index in [1.165, 1.54) is 11.4 Å². The van der Waals surface area contributed by atoms with E-state index in [0.29, 0.717) is 35.5 Å². The molecule has 4 aliphatic rings. The zero-order chi connectivity index (χ0) is 35.5. The summed E-state index contributed by atoms with van der Waals surface area (Å²) in [6, 6.07) is 32.0. The highest BCUT2D eigenvalue weighted by atomic mass is 35.5. The summed E-state index contributed by atoms with van der Waals surface area (Å²) in [6.45, 7) is 10.8. The Bertz CT molecular complexity index is 1650. The maximum Gasteiger partial charge on any atom is 0.231 e. The first-order chi connectivity index (χ1) is 25.6. The lowest BCUT2D eigenvalue weighted by Gasteiger charge is -2.36. The highest BCUT2D eigenvalue weighted by Gasteiger charge is 2.21. The van der Waals surface area contributed by atoms with Crippen LogP contribution >= 0.6 is 24.8 Å². The number of halogens is 2. The molecule has 4 aliphatic heterocycles. The number of benzene rings is 4. The van der Waals surface area contributed by atoms with Gasteiger partial charge in [0.15, 0.2) is 34.6 Å². The molecule has 4 heterocycles. The number of para-hydroxylation sites is 2. The van der Waals surface area contributed by atoms with Crippen LogP contribution in [0.25, 0.3) is 0 Å². The predicted octanol–water partition coefficient (Wildman–Crippen LogP) is 7.24. The molecule has 54 heavy (non-hydrogen) atoms. The fraction of sp³-hybridized carbons (Fsp3) is 0.381. The van der Waals surface area contributed by atoms with Gasteiger partial charge in [-0.1, -0.05) is 36.4 Å². The van der Waals surface area contributed by atoms with Gasteiger partial charge in [-0.25, -0.2) is 0 Å². The summed E-state index contributed by atoms with van der Waals surface area (Å²) in [5.41, 5.74) is 4.02. The summed E-state index contributed by atoms with van der Waals surface area (Å²) in [5, 5.41) is 0. The molecular weight excluding hydrogens is 727 g/mol. The van der Waals surface area contributed by atoms with Gasteiger partial charge < -0.3 is 28.7 Å². The van der Waals surface area contributed by atoms with Crippen LogP contribution < -0.4 is 28.7 Å². The van der Waals surface area contributed by atoms with E-state index in [-0.39, 0.29) is 50.0 Å². The third-order valence-electron chi connectivity index (χ3n) is 10.1. The molecule has 288 valence electrons. The van der Waals surface area contributed by atoms with E-state index in [1.807, 2.05) is 24.3 Å². The van der Waals surface area contributed by atoms with Crippen molar-refractivity contribution in [2.75, 3.05) is 88.8 Å². The van der Waals surface area contributed by atoms with E-state index in [2.05, 4.69) is 80.3 Å². The van der Waals surface area contributed by atoms with Crippen molar-refractivity contribution in [3.63, 3.8) is 0 Å². The highest BCUT2D eigenvalue weighted by Crippen LogP contribution is 2.34. The topological polar surface area (TPSA) is 84.0 Å². The molecule has 0 N–H and O–H groups in total. The minimum Gasteiger partial charge on any atom is -0.454 e. The lowest BCUT2D eigenvalue weighted by molar-refractivity contribution is 0.0966. The van der Waals surface area contributed by atoms with E-state index in [4.69, 9.17) is 18.9 Å². The SMILES string of the molecule is Cl.Cl.O=C(CCCN1CCN(c2ccccc2)CC1)c1ccc2c(c1)OCO2.O=C(CCCN1CCN(c2ccccc2)CC1)c1ccc2c(c1)OCO2.